The van der Waals surface area contributed by atoms with Crippen LogP contribution < -0.4 is 19.8 Å². The normalized spacial score (nSPS) is 11.3. The number of hydrogen-bond acceptors (Lipinski definition) is 10. The number of nitrogens with zero attached hydrogens (tertiary/aromatic N) is 4. The Balaban J connectivity index is 1.77. The fourth-order valence-electron chi connectivity index (χ4n) is 3.35. The fraction of sp³-hybridized carbons (Fsp3) is 0.348. The molecule has 0 fully saturated rings. The van der Waals surface area contributed by atoms with E-state index in [1.807, 2.05) is 0 Å². The summed E-state index contributed by atoms with van der Waals surface area (Å²) in [4.78, 5) is 28.7. The second-order valence-corrected chi connectivity index (χ2v) is 7.39. The number of rotatable bonds is 12. The lowest BCUT2D eigenvalue weighted by Crippen LogP contribution is -2.30. The average Bonchev–Trinajstić information content (AvgIpc) is 2.87. The minimum absolute atomic E-state index is 0.141. The van der Waals surface area contributed by atoms with Gasteiger partial charge in [-0.25, -0.2) is 4.79 Å². The maximum Gasteiger partial charge on any atom is 0.343 e. The molecule has 2 aromatic carbocycles. The van der Waals surface area contributed by atoms with Crippen LogP contribution in [-0.4, -0.2) is 42.2 Å². The van der Waals surface area contributed by atoms with Crippen molar-refractivity contribution >= 4 is 16.7 Å². The number of benzene rings is 2. The number of fused-ring (bicyclic) bond motifs is 1. The van der Waals surface area contributed by atoms with Crippen LogP contribution in [0.1, 0.15) is 25.0 Å². The summed E-state index contributed by atoms with van der Waals surface area (Å²) >= 11 is 0. The third-order valence-corrected chi connectivity index (χ3v) is 5.28. The van der Waals surface area contributed by atoms with E-state index in [1.165, 1.54) is 37.4 Å². The standard InChI is InChI=1S/C23H26N4O9/c1-5-25(6-2)27(31)24-35-14-17-9-15-7-8-18(11-20(15)36-23(17)28)34-13-16-10-21(32-3)22(33-4)12-19(16)26(29)30/h7-12H,5-6,13-14H2,1-4H3/b27-24-. The van der Waals surface area contributed by atoms with Crippen molar-refractivity contribution in [1.29, 1.82) is 0 Å². The summed E-state index contributed by atoms with van der Waals surface area (Å²) in [7, 11) is 2.81. The SMILES string of the molecule is CCN(CC)/[N+]([O-])=N/OCc1cc2ccc(OCc3cc(OC)c(OC)cc3[N+](=O)[O-])cc2oc1=O. The number of methoxy groups -OCH3 is 2. The smallest absolute Gasteiger partial charge is 0.343 e. The minimum Gasteiger partial charge on any atom is -0.569 e. The van der Waals surface area contributed by atoms with Gasteiger partial charge in [0.25, 0.3) is 5.69 Å². The van der Waals surface area contributed by atoms with E-state index in [2.05, 4.69) is 5.28 Å². The van der Waals surface area contributed by atoms with Crippen LogP contribution in [0.15, 0.2) is 50.9 Å². The second-order valence-electron chi connectivity index (χ2n) is 7.39. The van der Waals surface area contributed by atoms with Crippen molar-refractivity contribution in [3.05, 3.63) is 73.3 Å². The van der Waals surface area contributed by atoms with E-state index in [1.54, 1.807) is 32.0 Å². The van der Waals surface area contributed by atoms with Crippen LogP contribution in [0.4, 0.5) is 5.69 Å². The van der Waals surface area contributed by atoms with E-state index >= 15 is 0 Å². The van der Waals surface area contributed by atoms with Crippen LogP contribution in [-0.2, 0) is 18.1 Å². The third-order valence-electron chi connectivity index (χ3n) is 5.28. The molecular weight excluding hydrogens is 476 g/mol. The van der Waals surface area contributed by atoms with Gasteiger partial charge < -0.3 is 28.7 Å². The maximum absolute atomic E-state index is 12.4. The minimum atomic E-state index is -0.661. The molecule has 36 heavy (non-hydrogen) atoms. The van der Waals surface area contributed by atoms with Crippen molar-refractivity contribution < 1.29 is 33.4 Å². The highest BCUT2D eigenvalue weighted by atomic mass is 16.7. The topological polar surface area (TPSA) is 152 Å². The van der Waals surface area contributed by atoms with Gasteiger partial charge >= 0.3 is 5.63 Å². The summed E-state index contributed by atoms with van der Waals surface area (Å²) in [5.41, 5.74) is -0.159. The number of nitro benzene ring substituents is 1. The first-order valence-electron chi connectivity index (χ1n) is 10.9. The highest BCUT2D eigenvalue weighted by Crippen LogP contribution is 2.35. The Hall–Kier alpha value is -4.55. The van der Waals surface area contributed by atoms with E-state index in [4.69, 9.17) is 23.5 Å². The Morgan fingerprint density at radius 3 is 2.31 bits per heavy atom. The molecule has 0 bridgehead atoms. The quantitative estimate of drug-likeness (QED) is 0.117. The van der Waals surface area contributed by atoms with Gasteiger partial charge in [-0.1, -0.05) is 0 Å². The molecule has 1 heterocycles. The molecule has 0 atom stereocenters. The van der Waals surface area contributed by atoms with Gasteiger partial charge in [-0.2, -0.15) is 0 Å². The van der Waals surface area contributed by atoms with Crippen molar-refractivity contribution in [2.45, 2.75) is 27.1 Å². The van der Waals surface area contributed by atoms with E-state index in [-0.39, 0.29) is 41.4 Å². The summed E-state index contributed by atoms with van der Waals surface area (Å²) in [6.07, 6.45) is 0. The zero-order valence-corrected chi connectivity index (χ0v) is 20.3. The molecule has 0 N–H and O–H groups in total. The first kappa shape index (κ1) is 26.1. The first-order valence-corrected chi connectivity index (χ1v) is 10.9. The maximum atomic E-state index is 12.4. The molecule has 0 amide bonds. The van der Waals surface area contributed by atoms with Gasteiger partial charge in [-0.15, -0.1) is 5.01 Å². The molecule has 0 aliphatic rings. The molecular formula is C23H26N4O9. The lowest BCUT2D eigenvalue weighted by molar-refractivity contribution is -0.710. The van der Waals surface area contributed by atoms with E-state index in [0.29, 0.717) is 34.9 Å². The van der Waals surface area contributed by atoms with Crippen molar-refractivity contribution in [2.75, 3.05) is 27.3 Å². The number of ether oxygens (including phenoxy) is 3. The van der Waals surface area contributed by atoms with Gasteiger partial charge in [0.1, 0.15) is 17.9 Å². The van der Waals surface area contributed by atoms with Crippen LogP contribution in [0, 0.1) is 15.3 Å². The number of hydrazine groups is 1. The predicted octanol–water partition coefficient (Wildman–Crippen LogP) is 3.95. The fourth-order valence-corrected chi connectivity index (χ4v) is 3.35. The summed E-state index contributed by atoms with van der Waals surface area (Å²) < 4.78 is 21.4. The van der Waals surface area contributed by atoms with Crippen molar-refractivity contribution in [3.63, 3.8) is 0 Å². The zero-order valence-electron chi connectivity index (χ0n) is 20.3. The Kier molecular flexibility index (Phi) is 8.49. The molecule has 3 aromatic rings. The molecule has 0 radical (unpaired) electrons. The van der Waals surface area contributed by atoms with E-state index in [0.717, 1.165) is 0 Å². The van der Waals surface area contributed by atoms with E-state index in [9.17, 15) is 20.1 Å². The molecule has 0 aliphatic heterocycles. The van der Waals surface area contributed by atoms with E-state index < -0.39 is 10.5 Å². The summed E-state index contributed by atoms with van der Waals surface area (Å²) in [5.74, 6) is 0.879. The van der Waals surface area contributed by atoms with Crippen molar-refractivity contribution in [2.24, 2.45) is 5.28 Å². The highest BCUT2D eigenvalue weighted by molar-refractivity contribution is 5.78. The van der Waals surface area contributed by atoms with Crippen molar-refractivity contribution in [1.82, 2.24) is 5.01 Å². The zero-order chi connectivity index (χ0) is 26.2. The molecule has 13 nitrogen and oxygen atoms in total. The average molecular weight is 502 g/mol. The monoisotopic (exact) mass is 502 g/mol. The predicted molar refractivity (Wildman–Crippen MR) is 127 cm³/mol. The molecule has 1 aromatic heterocycles. The van der Waals surface area contributed by atoms with Crippen LogP contribution >= 0.6 is 0 Å². The summed E-state index contributed by atoms with van der Waals surface area (Å²) in [5, 5.41) is 28.7. The number of hydrogen-bond donors (Lipinski definition) is 0. The number of nitro groups is 1. The van der Waals surface area contributed by atoms with Crippen LogP contribution in [0.25, 0.3) is 11.0 Å². The van der Waals surface area contributed by atoms with Crippen molar-refractivity contribution in [3.8, 4) is 17.2 Å². The molecule has 0 aliphatic carbocycles. The molecule has 192 valence electrons. The Labute approximate surface area is 205 Å². The molecule has 0 unspecified atom stereocenters. The molecule has 13 heteroatoms. The van der Waals surface area contributed by atoms with Crippen LogP contribution in [0.5, 0.6) is 17.2 Å². The molecule has 0 spiro atoms. The highest BCUT2D eigenvalue weighted by Gasteiger charge is 2.20. The Morgan fingerprint density at radius 2 is 1.67 bits per heavy atom. The van der Waals surface area contributed by atoms with Gasteiger partial charge in [0.2, 0.25) is 5.28 Å². The van der Waals surface area contributed by atoms with Crippen LogP contribution in [0.3, 0.4) is 0 Å². The molecule has 3 rings (SSSR count). The lowest BCUT2D eigenvalue weighted by Gasteiger charge is -2.13. The lowest BCUT2D eigenvalue weighted by atomic mass is 10.1. The Morgan fingerprint density at radius 1 is 0.972 bits per heavy atom. The molecule has 0 saturated carbocycles. The van der Waals surface area contributed by atoms with Gasteiger partial charge in [0.15, 0.2) is 18.1 Å². The van der Waals surface area contributed by atoms with Gasteiger partial charge in [-0.3, -0.25) is 10.1 Å². The largest absolute Gasteiger partial charge is 0.569 e. The molecule has 0 saturated heterocycles. The Bertz CT molecular complexity index is 1320. The summed E-state index contributed by atoms with van der Waals surface area (Å²) in [6, 6.07) is 9.08. The van der Waals surface area contributed by atoms with Crippen LogP contribution in [0.2, 0.25) is 0 Å². The summed E-state index contributed by atoms with van der Waals surface area (Å²) in [6.45, 7) is 4.12. The third kappa shape index (κ3) is 5.92. The van der Waals surface area contributed by atoms with Gasteiger partial charge in [0, 0.05) is 11.5 Å². The second kappa shape index (κ2) is 11.7. The van der Waals surface area contributed by atoms with Gasteiger partial charge in [0.05, 0.1) is 54.4 Å². The first-order chi connectivity index (χ1) is 17.3. The van der Waals surface area contributed by atoms with Gasteiger partial charge in [-0.05, 0) is 38.1 Å².